The van der Waals surface area contributed by atoms with Crippen LogP contribution in [0.25, 0.3) is 0 Å². The number of likely N-dealkylation sites (tertiary alicyclic amines) is 1. The summed E-state index contributed by atoms with van der Waals surface area (Å²) in [5.41, 5.74) is 1.03. The van der Waals surface area contributed by atoms with Gasteiger partial charge in [0.1, 0.15) is 6.61 Å². The lowest BCUT2D eigenvalue weighted by molar-refractivity contribution is 0.0508. The lowest BCUT2D eigenvalue weighted by Gasteiger charge is -2.45. The minimum atomic E-state index is -0.177. The fourth-order valence-electron chi connectivity index (χ4n) is 2.63. The van der Waals surface area contributed by atoms with Gasteiger partial charge in [-0.1, -0.05) is 30.3 Å². The molecule has 3 rings (SSSR count). The molecule has 0 aliphatic carbocycles. The Morgan fingerprint density at radius 3 is 2.89 bits per heavy atom. The third kappa shape index (κ3) is 2.34. The van der Waals surface area contributed by atoms with E-state index in [-0.39, 0.29) is 6.09 Å². The number of nitrogens with zero attached hydrogens (tertiary/aromatic N) is 1. The van der Waals surface area contributed by atoms with Gasteiger partial charge in [0.25, 0.3) is 0 Å². The molecule has 2 aliphatic rings. The van der Waals surface area contributed by atoms with Crippen LogP contribution in [0.4, 0.5) is 4.79 Å². The molecule has 2 fully saturated rings. The van der Waals surface area contributed by atoms with Crippen LogP contribution in [0.3, 0.4) is 0 Å². The van der Waals surface area contributed by atoms with Crippen molar-refractivity contribution >= 4 is 6.09 Å². The fraction of sp³-hybridized carbons (Fsp3) is 0.500. The van der Waals surface area contributed by atoms with Gasteiger partial charge in [-0.3, -0.25) is 0 Å². The summed E-state index contributed by atoms with van der Waals surface area (Å²) >= 11 is 0. The molecule has 2 aliphatic heterocycles. The topological polar surface area (TPSA) is 41.6 Å². The van der Waals surface area contributed by atoms with E-state index in [1.807, 2.05) is 35.2 Å². The standard InChI is InChI=1S/C14H18N2O2/c17-14(18-10-11-4-2-1-3-5-11)16-7-6-13-12(9-16)8-15-13/h1-5,12-13,15H,6-10H2. The maximum Gasteiger partial charge on any atom is 0.410 e. The Bertz CT molecular complexity index is 421. The van der Waals surface area contributed by atoms with E-state index in [2.05, 4.69) is 5.32 Å². The fourth-order valence-corrected chi connectivity index (χ4v) is 2.63. The highest BCUT2D eigenvalue weighted by atomic mass is 16.6. The summed E-state index contributed by atoms with van der Waals surface area (Å²) in [6, 6.07) is 10.4. The Kier molecular flexibility index (Phi) is 3.19. The number of nitrogens with one attached hydrogen (secondary N) is 1. The lowest BCUT2D eigenvalue weighted by atomic mass is 9.85. The molecular weight excluding hydrogens is 228 g/mol. The van der Waals surface area contributed by atoms with Gasteiger partial charge in [-0.15, -0.1) is 0 Å². The molecule has 2 saturated heterocycles. The summed E-state index contributed by atoms with van der Waals surface area (Å²) in [5, 5.41) is 3.39. The van der Waals surface area contributed by atoms with Crippen molar-refractivity contribution in [3.63, 3.8) is 0 Å². The van der Waals surface area contributed by atoms with Gasteiger partial charge in [0.15, 0.2) is 0 Å². The van der Waals surface area contributed by atoms with Crippen LogP contribution in [-0.2, 0) is 11.3 Å². The maximum absolute atomic E-state index is 11.9. The van der Waals surface area contributed by atoms with E-state index in [0.717, 1.165) is 31.6 Å². The molecule has 1 N–H and O–H groups in total. The number of hydrogen-bond donors (Lipinski definition) is 1. The lowest BCUT2D eigenvalue weighted by Crippen LogP contribution is -2.62. The molecule has 0 radical (unpaired) electrons. The normalized spacial score (nSPS) is 26.1. The number of carbonyl (C=O) groups excluding carboxylic acids is 1. The van der Waals surface area contributed by atoms with Gasteiger partial charge in [-0.2, -0.15) is 0 Å². The second-order valence-corrected chi connectivity index (χ2v) is 5.05. The summed E-state index contributed by atoms with van der Waals surface area (Å²) in [4.78, 5) is 13.8. The Hall–Kier alpha value is -1.55. The predicted octanol–water partition coefficient (Wildman–Crippen LogP) is 1.62. The van der Waals surface area contributed by atoms with E-state index in [0.29, 0.717) is 18.6 Å². The monoisotopic (exact) mass is 246 g/mol. The minimum Gasteiger partial charge on any atom is -0.445 e. The highest BCUT2D eigenvalue weighted by Crippen LogP contribution is 2.23. The summed E-state index contributed by atoms with van der Waals surface area (Å²) in [7, 11) is 0. The second kappa shape index (κ2) is 4.98. The molecule has 0 spiro atoms. The zero-order chi connectivity index (χ0) is 12.4. The van der Waals surface area contributed by atoms with Gasteiger partial charge in [-0.05, 0) is 12.0 Å². The van der Waals surface area contributed by atoms with Crippen molar-refractivity contribution in [1.82, 2.24) is 10.2 Å². The van der Waals surface area contributed by atoms with E-state index in [9.17, 15) is 4.79 Å². The summed E-state index contributed by atoms with van der Waals surface area (Å²) in [6.45, 7) is 3.04. The molecule has 4 nitrogen and oxygen atoms in total. The first-order valence-electron chi connectivity index (χ1n) is 6.52. The first kappa shape index (κ1) is 11.5. The van der Waals surface area contributed by atoms with Crippen molar-refractivity contribution in [2.75, 3.05) is 19.6 Å². The molecule has 2 heterocycles. The summed E-state index contributed by atoms with van der Waals surface area (Å²) in [6.07, 6.45) is 0.870. The van der Waals surface area contributed by atoms with Crippen LogP contribution in [0, 0.1) is 5.92 Å². The molecule has 0 aromatic heterocycles. The number of amides is 1. The molecule has 18 heavy (non-hydrogen) atoms. The van der Waals surface area contributed by atoms with E-state index >= 15 is 0 Å². The SMILES string of the molecule is O=C(OCc1ccccc1)N1CCC2NCC2C1. The van der Waals surface area contributed by atoms with Crippen molar-refractivity contribution in [3.05, 3.63) is 35.9 Å². The largest absolute Gasteiger partial charge is 0.445 e. The Balaban J connectivity index is 1.49. The van der Waals surface area contributed by atoms with Gasteiger partial charge in [-0.25, -0.2) is 4.79 Å². The molecule has 0 saturated carbocycles. The van der Waals surface area contributed by atoms with E-state index < -0.39 is 0 Å². The second-order valence-electron chi connectivity index (χ2n) is 5.05. The number of hydrogen-bond acceptors (Lipinski definition) is 3. The smallest absolute Gasteiger partial charge is 0.410 e. The molecule has 4 heteroatoms. The average Bonchev–Trinajstić information content (AvgIpc) is 2.39. The first-order chi connectivity index (χ1) is 8.83. The maximum atomic E-state index is 11.9. The number of benzene rings is 1. The molecule has 2 unspecified atom stereocenters. The highest BCUT2D eigenvalue weighted by molar-refractivity contribution is 5.67. The third-order valence-electron chi connectivity index (χ3n) is 3.84. The molecule has 1 aromatic rings. The van der Waals surface area contributed by atoms with Crippen LogP contribution < -0.4 is 5.32 Å². The average molecular weight is 246 g/mol. The van der Waals surface area contributed by atoms with Crippen molar-refractivity contribution in [2.45, 2.75) is 19.1 Å². The van der Waals surface area contributed by atoms with Crippen LogP contribution in [0.1, 0.15) is 12.0 Å². The van der Waals surface area contributed by atoms with Crippen LogP contribution in [0.5, 0.6) is 0 Å². The first-order valence-corrected chi connectivity index (χ1v) is 6.52. The zero-order valence-corrected chi connectivity index (χ0v) is 10.3. The summed E-state index contributed by atoms with van der Waals surface area (Å²) in [5.74, 6) is 0.628. The third-order valence-corrected chi connectivity index (χ3v) is 3.84. The predicted molar refractivity (Wildman–Crippen MR) is 68.1 cm³/mol. The van der Waals surface area contributed by atoms with Crippen LogP contribution in [0.2, 0.25) is 0 Å². The molecule has 2 atom stereocenters. The molecule has 1 amide bonds. The number of rotatable bonds is 2. The Morgan fingerprint density at radius 2 is 2.22 bits per heavy atom. The van der Waals surface area contributed by atoms with Gasteiger partial charge in [0.2, 0.25) is 0 Å². The number of ether oxygens (including phenoxy) is 1. The van der Waals surface area contributed by atoms with E-state index in [4.69, 9.17) is 4.74 Å². The van der Waals surface area contributed by atoms with E-state index in [1.54, 1.807) is 0 Å². The molecule has 96 valence electrons. The van der Waals surface area contributed by atoms with Crippen LogP contribution >= 0.6 is 0 Å². The van der Waals surface area contributed by atoms with Crippen LogP contribution in [0.15, 0.2) is 30.3 Å². The number of piperidine rings is 1. The van der Waals surface area contributed by atoms with Gasteiger partial charge in [0.05, 0.1) is 0 Å². The zero-order valence-electron chi connectivity index (χ0n) is 10.3. The van der Waals surface area contributed by atoms with Gasteiger partial charge in [0, 0.05) is 31.6 Å². The quantitative estimate of drug-likeness (QED) is 0.862. The molecular formula is C14H18N2O2. The summed E-state index contributed by atoms with van der Waals surface area (Å²) < 4.78 is 5.34. The van der Waals surface area contributed by atoms with Crippen molar-refractivity contribution in [3.8, 4) is 0 Å². The molecule has 1 aromatic carbocycles. The van der Waals surface area contributed by atoms with Crippen molar-refractivity contribution < 1.29 is 9.53 Å². The number of carbonyl (C=O) groups is 1. The number of fused-ring (bicyclic) bond motifs is 1. The van der Waals surface area contributed by atoms with Crippen molar-refractivity contribution in [2.24, 2.45) is 5.92 Å². The highest BCUT2D eigenvalue weighted by Gasteiger charge is 2.37. The Morgan fingerprint density at radius 1 is 1.39 bits per heavy atom. The molecule has 0 bridgehead atoms. The Labute approximate surface area is 107 Å². The van der Waals surface area contributed by atoms with Gasteiger partial charge >= 0.3 is 6.09 Å². The van der Waals surface area contributed by atoms with Crippen molar-refractivity contribution in [1.29, 1.82) is 0 Å². The van der Waals surface area contributed by atoms with Crippen LogP contribution in [-0.4, -0.2) is 36.7 Å². The van der Waals surface area contributed by atoms with Gasteiger partial charge < -0.3 is 15.0 Å². The van der Waals surface area contributed by atoms with E-state index in [1.165, 1.54) is 0 Å². The minimum absolute atomic E-state index is 0.177.